The Morgan fingerprint density at radius 2 is 1.76 bits per heavy atom. The van der Waals surface area contributed by atoms with Crippen molar-refractivity contribution in [2.24, 2.45) is 0 Å². The third-order valence-electron chi connectivity index (χ3n) is 5.44. The van der Waals surface area contributed by atoms with E-state index in [1.54, 1.807) is 6.07 Å². The van der Waals surface area contributed by atoms with Crippen LogP contribution in [0.3, 0.4) is 0 Å². The SMILES string of the molecule is CCN(CC)C(=O)c1ccccc1N1CCC(NC(=O)c2cccc(F)c2)CC1. The minimum atomic E-state index is -0.415. The van der Waals surface area contributed by atoms with Gasteiger partial charge in [-0.25, -0.2) is 4.39 Å². The van der Waals surface area contributed by atoms with E-state index in [0.29, 0.717) is 18.7 Å². The molecule has 2 amide bonds. The number of carbonyl (C=O) groups excluding carboxylic acids is 2. The smallest absolute Gasteiger partial charge is 0.255 e. The molecule has 1 fully saturated rings. The van der Waals surface area contributed by atoms with Crippen LogP contribution in [0.1, 0.15) is 47.4 Å². The van der Waals surface area contributed by atoms with Crippen LogP contribution in [0, 0.1) is 5.82 Å². The van der Waals surface area contributed by atoms with Crippen LogP contribution in [0.15, 0.2) is 48.5 Å². The van der Waals surface area contributed by atoms with Crippen LogP contribution in [-0.2, 0) is 0 Å². The third-order valence-corrected chi connectivity index (χ3v) is 5.44. The largest absolute Gasteiger partial charge is 0.371 e. The van der Waals surface area contributed by atoms with Crippen molar-refractivity contribution in [1.29, 1.82) is 0 Å². The molecular formula is C23H28FN3O2. The summed E-state index contributed by atoms with van der Waals surface area (Å²) in [6, 6.07) is 13.5. The zero-order valence-electron chi connectivity index (χ0n) is 17.0. The minimum absolute atomic E-state index is 0.0349. The van der Waals surface area contributed by atoms with Gasteiger partial charge in [-0.2, -0.15) is 0 Å². The zero-order chi connectivity index (χ0) is 20.8. The Labute approximate surface area is 171 Å². The lowest BCUT2D eigenvalue weighted by molar-refractivity contribution is 0.0773. The second kappa shape index (κ2) is 9.54. The molecule has 0 spiro atoms. The normalized spacial score (nSPS) is 14.5. The molecule has 29 heavy (non-hydrogen) atoms. The van der Waals surface area contributed by atoms with Crippen LogP contribution < -0.4 is 10.2 Å². The maximum absolute atomic E-state index is 13.3. The van der Waals surface area contributed by atoms with E-state index in [1.165, 1.54) is 18.2 Å². The number of nitrogens with one attached hydrogen (secondary N) is 1. The van der Waals surface area contributed by atoms with Gasteiger partial charge in [-0.05, 0) is 57.0 Å². The summed E-state index contributed by atoms with van der Waals surface area (Å²) in [6.45, 7) is 6.82. The molecule has 0 radical (unpaired) electrons. The molecule has 1 aliphatic rings. The molecule has 1 aliphatic heterocycles. The molecule has 0 unspecified atom stereocenters. The van der Waals surface area contributed by atoms with Gasteiger partial charge in [0.2, 0.25) is 0 Å². The molecule has 0 bridgehead atoms. The molecule has 0 aromatic heterocycles. The van der Waals surface area contributed by atoms with Gasteiger partial charge in [0.25, 0.3) is 11.8 Å². The summed E-state index contributed by atoms with van der Waals surface area (Å²) in [5, 5.41) is 3.00. The van der Waals surface area contributed by atoms with Crippen molar-refractivity contribution in [1.82, 2.24) is 10.2 Å². The average molecular weight is 397 g/mol. The molecule has 0 aliphatic carbocycles. The molecule has 6 heteroatoms. The predicted octanol–water partition coefficient (Wildman–Crippen LogP) is 3.71. The van der Waals surface area contributed by atoms with E-state index in [2.05, 4.69) is 10.2 Å². The highest BCUT2D eigenvalue weighted by molar-refractivity contribution is 6.00. The molecule has 1 saturated heterocycles. The van der Waals surface area contributed by atoms with Gasteiger partial charge in [0.1, 0.15) is 5.82 Å². The van der Waals surface area contributed by atoms with Crippen molar-refractivity contribution in [3.05, 3.63) is 65.5 Å². The summed E-state index contributed by atoms with van der Waals surface area (Å²) in [4.78, 5) is 29.3. The van der Waals surface area contributed by atoms with E-state index in [9.17, 15) is 14.0 Å². The zero-order valence-corrected chi connectivity index (χ0v) is 17.0. The quantitative estimate of drug-likeness (QED) is 0.809. The molecule has 0 atom stereocenters. The molecule has 0 saturated carbocycles. The van der Waals surface area contributed by atoms with Crippen molar-refractivity contribution in [3.8, 4) is 0 Å². The van der Waals surface area contributed by atoms with Gasteiger partial charge < -0.3 is 15.1 Å². The number of hydrogen-bond donors (Lipinski definition) is 1. The number of piperidine rings is 1. The third kappa shape index (κ3) is 4.94. The van der Waals surface area contributed by atoms with E-state index in [4.69, 9.17) is 0 Å². The Kier molecular flexibility index (Phi) is 6.86. The summed E-state index contributed by atoms with van der Waals surface area (Å²) in [7, 11) is 0. The van der Waals surface area contributed by atoms with Crippen molar-refractivity contribution in [3.63, 3.8) is 0 Å². The monoisotopic (exact) mass is 397 g/mol. The lowest BCUT2D eigenvalue weighted by Gasteiger charge is -2.35. The van der Waals surface area contributed by atoms with E-state index in [-0.39, 0.29) is 17.9 Å². The van der Waals surface area contributed by atoms with Crippen LogP contribution in [0.5, 0.6) is 0 Å². The number of rotatable bonds is 6. The maximum Gasteiger partial charge on any atom is 0.255 e. The van der Waals surface area contributed by atoms with Gasteiger partial charge in [0, 0.05) is 43.5 Å². The van der Waals surface area contributed by atoms with E-state index < -0.39 is 5.82 Å². The van der Waals surface area contributed by atoms with Gasteiger partial charge in [-0.15, -0.1) is 0 Å². The Morgan fingerprint density at radius 3 is 2.41 bits per heavy atom. The first kappa shape index (κ1) is 20.8. The Bertz CT molecular complexity index is 859. The fourth-order valence-corrected chi connectivity index (χ4v) is 3.77. The number of halogens is 1. The number of benzene rings is 2. The highest BCUT2D eigenvalue weighted by Gasteiger charge is 2.25. The van der Waals surface area contributed by atoms with Gasteiger partial charge in [-0.3, -0.25) is 9.59 Å². The summed E-state index contributed by atoms with van der Waals surface area (Å²) in [6.07, 6.45) is 1.55. The fourth-order valence-electron chi connectivity index (χ4n) is 3.77. The van der Waals surface area contributed by atoms with Crippen molar-refractivity contribution >= 4 is 17.5 Å². The first-order valence-electron chi connectivity index (χ1n) is 10.2. The van der Waals surface area contributed by atoms with Crippen LogP contribution in [0.25, 0.3) is 0 Å². The molecule has 154 valence electrons. The molecule has 1 N–H and O–H groups in total. The first-order chi connectivity index (χ1) is 14.0. The lowest BCUT2D eigenvalue weighted by Crippen LogP contribution is -2.45. The highest BCUT2D eigenvalue weighted by atomic mass is 19.1. The number of carbonyl (C=O) groups is 2. The molecule has 1 heterocycles. The first-order valence-corrected chi connectivity index (χ1v) is 10.2. The topological polar surface area (TPSA) is 52.7 Å². The highest BCUT2D eigenvalue weighted by Crippen LogP contribution is 2.25. The second-order valence-electron chi connectivity index (χ2n) is 7.24. The summed E-state index contributed by atoms with van der Waals surface area (Å²) < 4.78 is 13.3. The number of hydrogen-bond acceptors (Lipinski definition) is 3. The summed E-state index contributed by atoms with van der Waals surface area (Å²) in [5.41, 5.74) is 2.00. The predicted molar refractivity (Wildman–Crippen MR) is 113 cm³/mol. The Balaban J connectivity index is 1.64. The van der Waals surface area contributed by atoms with Crippen LogP contribution in [0.4, 0.5) is 10.1 Å². The van der Waals surface area contributed by atoms with Crippen molar-refractivity contribution < 1.29 is 14.0 Å². The number of nitrogens with zero attached hydrogens (tertiary/aromatic N) is 2. The van der Waals surface area contributed by atoms with Gasteiger partial charge >= 0.3 is 0 Å². The van der Waals surface area contributed by atoms with Gasteiger partial charge in [0.15, 0.2) is 0 Å². The average Bonchev–Trinajstić information content (AvgIpc) is 2.75. The van der Waals surface area contributed by atoms with E-state index >= 15 is 0 Å². The maximum atomic E-state index is 13.3. The molecule has 2 aromatic carbocycles. The standard InChI is InChI=1S/C23H28FN3O2/c1-3-26(4-2)23(29)20-10-5-6-11-21(20)27-14-12-19(13-15-27)25-22(28)17-8-7-9-18(24)16-17/h5-11,16,19H,3-4,12-15H2,1-2H3,(H,25,28). The van der Waals surface area contributed by atoms with Crippen molar-refractivity contribution in [2.45, 2.75) is 32.7 Å². The fraction of sp³-hybridized carbons (Fsp3) is 0.391. The Morgan fingerprint density at radius 1 is 1.07 bits per heavy atom. The van der Waals surface area contributed by atoms with Crippen LogP contribution >= 0.6 is 0 Å². The molecule has 2 aromatic rings. The molecular weight excluding hydrogens is 369 g/mol. The van der Waals surface area contributed by atoms with E-state index in [1.807, 2.05) is 43.0 Å². The van der Waals surface area contributed by atoms with Crippen LogP contribution in [0.2, 0.25) is 0 Å². The van der Waals surface area contributed by atoms with E-state index in [0.717, 1.165) is 37.2 Å². The van der Waals surface area contributed by atoms with Gasteiger partial charge in [-0.1, -0.05) is 18.2 Å². The molecule has 5 nitrogen and oxygen atoms in total. The number of anilines is 1. The van der Waals surface area contributed by atoms with Crippen molar-refractivity contribution in [2.75, 3.05) is 31.1 Å². The lowest BCUT2D eigenvalue weighted by atomic mass is 10.0. The Hall–Kier alpha value is -2.89. The van der Waals surface area contributed by atoms with Crippen LogP contribution in [-0.4, -0.2) is 48.9 Å². The second-order valence-corrected chi connectivity index (χ2v) is 7.24. The summed E-state index contributed by atoms with van der Waals surface area (Å²) >= 11 is 0. The minimum Gasteiger partial charge on any atom is -0.371 e. The summed E-state index contributed by atoms with van der Waals surface area (Å²) in [5.74, 6) is -0.617. The van der Waals surface area contributed by atoms with Gasteiger partial charge in [0.05, 0.1) is 5.56 Å². The number of para-hydroxylation sites is 1. The number of amides is 2. The molecule has 3 rings (SSSR count).